The van der Waals surface area contributed by atoms with Gasteiger partial charge < -0.3 is 20.3 Å². The molecule has 2 saturated heterocycles. The van der Waals surface area contributed by atoms with E-state index in [0.29, 0.717) is 51.7 Å². The number of likely N-dealkylation sites (tertiary alicyclic amines) is 1. The molecule has 2 aliphatic heterocycles. The molecular formula is C15H27N3O3. The van der Waals surface area contributed by atoms with Crippen molar-refractivity contribution >= 4 is 11.8 Å². The van der Waals surface area contributed by atoms with E-state index in [1.807, 2.05) is 11.8 Å². The lowest BCUT2D eigenvalue weighted by Gasteiger charge is -2.32. The quantitative estimate of drug-likeness (QED) is 0.787. The number of hydrogen-bond donors (Lipinski definition) is 1. The van der Waals surface area contributed by atoms with Crippen LogP contribution in [-0.2, 0) is 14.3 Å². The number of morpholine rings is 1. The molecule has 2 atom stereocenters. The zero-order valence-electron chi connectivity index (χ0n) is 12.9. The Kier molecular flexibility index (Phi) is 5.99. The molecule has 120 valence electrons. The van der Waals surface area contributed by atoms with E-state index in [0.717, 1.165) is 19.3 Å². The van der Waals surface area contributed by atoms with Crippen LogP contribution in [-0.4, -0.2) is 67.0 Å². The van der Waals surface area contributed by atoms with Gasteiger partial charge >= 0.3 is 0 Å². The second kappa shape index (κ2) is 7.75. The summed E-state index contributed by atoms with van der Waals surface area (Å²) in [5, 5.41) is 0. The molecule has 0 saturated carbocycles. The molecule has 0 aromatic rings. The summed E-state index contributed by atoms with van der Waals surface area (Å²) in [5.74, 6) is 0.542. The highest BCUT2D eigenvalue weighted by atomic mass is 16.5. The second-order valence-electron chi connectivity index (χ2n) is 6.06. The molecule has 0 radical (unpaired) electrons. The molecule has 0 aromatic heterocycles. The summed E-state index contributed by atoms with van der Waals surface area (Å²) in [4.78, 5) is 28.5. The minimum Gasteiger partial charge on any atom is -0.378 e. The van der Waals surface area contributed by atoms with Gasteiger partial charge in [-0.25, -0.2) is 0 Å². The number of rotatable bonds is 5. The molecule has 6 nitrogen and oxygen atoms in total. The van der Waals surface area contributed by atoms with Crippen LogP contribution in [0.25, 0.3) is 0 Å². The van der Waals surface area contributed by atoms with Gasteiger partial charge in [0.15, 0.2) is 0 Å². The lowest BCUT2D eigenvalue weighted by Crippen LogP contribution is -2.51. The van der Waals surface area contributed by atoms with Gasteiger partial charge in [0.1, 0.15) is 6.04 Å². The predicted octanol–water partition coefficient (Wildman–Crippen LogP) is 0.211. The molecule has 2 heterocycles. The van der Waals surface area contributed by atoms with Gasteiger partial charge in [-0.3, -0.25) is 9.59 Å². The topological polar surface area (TPSA) is 75.9 Å². The first kappa shape index (κ1) is 16.2. The van der Waals surface area contributed by atoms with Gasteiger partial charge in [-0.2, -0.15) is 0 Å². The Bertz CT molecular complexity index is 369. The van der Waals surface area contributed by atoms with Crippen LogP contribution < -0.4 is 5.73 Å². The van der Waals surface area contributed by atoms with Gasteiger partial charge in [0.2, 0.25) is 11.8 Å². The van der Waals surface area contributed by atoms with E-state index in [1.54, 1.807) is 4.90 Å². The van der Waals surface area contributed by atoms with Crippen molar-refractivity contribution in [3.63, 3.8) is 0 Å². The third kappa shape index (κ3) is 4.17. The van der Waals surface area contributed by atoms with Gasteiger partial charge in [0.25, 0.3) is 0 Å². The van der Waals surface area contributed by atoms with Gasteiger partial charge in [0, 0.05) is 26.1 Å². The molecule has 2 N–H and O–H groups in total. The predicted molar refractivity (Wildman–Crippen MR) is 79.6 cm³/mol. The molecule has 0 aliphatic carbocycles. The largest absolute Gasteiger partial charge is 0.378 e. The zero-order chi connectivity index (χ0) is 15.2. The SMILES string of the molecule is CC(CN)CCC(=O)N1CCCC1C(=O)N1CCOCC1. The summed E-state index contributed by atoms with van der Waals surface area (Å²) in [7, 11) is 0. The Morgan fingerprint density at radius 3 is 2.67 bits per heavy atom. The average molecular weight is 297 g/mol. The monoisotopic (exact) mass is 297 g/mol. The average Bonchev–Trinajstić information content (AvgIpc) is 3.01. The lowest BCUT2D eigenvalue weighted by atomic mass is 10.1. The van der Waals surface area contributed by atoms with Crippen LogP contribution in [0.2, 0.25) is 0 Å². The first-order chi connectivity index (χ1) is 10.1. The van der Waals surface area contributed by atoms with Crippen molar-refractivity contribution in [3.8, 4) is 0 Å². The maximum Gasteiger partial charge on any atom is 0.245 e. The van der Waals surface area contributed by atoms with Crippen LogP contribution in [0.3, 0.4) is 0 Å². The molecule has 2 rings (SSSR count). The smallest absolute Gasteiger partial charge is 0.245 e. The molecule has 6 heteroatoms. The summed E-state index contributed by atoms with van der Waals surface area (Å²) in [6, 6.07) is -0.260. The number of nitrogens with zero attached hydrogens (tertiary/aromatic N) is 2. The fourth-order valence-electron chi connectivity index (χ4n) is 2.95. The van der Waals surface area contributed by atoms with Crippen molar-refractivity contribution in [1.29, 1.82) is 0 Å². The summed E-state index contributed by atoms with van der Waals surface area (Å²) in [5.41, 5.74) is 5.59. The standard InChI is InChI=1S/C15H27N3O3/c1-12(11-16)4-5-14(19)18-6-2-3-13(18)15(20)17-7-9-21-10-8-17/h12-13H,2-11,16H2,1H3. The first-order valence-electron chi connectivity index (χ1n) is 7.99. The van der Waals surface area contributed by atoms with E-state index in [2.05, 4.69) is 0 Å². The highest BCUT2D eigenvalue weighted by molar-refractivity contribution is 5.88. The van der Waals surface area contributed by atoms with Crippen molar-refractivity contribution in [3.05, 3.63) is 0 Å². The second-order valence-corrected chi connectivity index (χ2v) is 6.06. The Hall–Kier alpha value is -1.14. The minimum atomic E-state index is -0.260. The third-order valence-electron chi connectivity index (χ3n) is 4.43. The van der Waals surface area contributed by atoms with Crippen molar-refractivity contribution in [2.24, 2.45) is 11.7 Å². The minimum absolute atomic E-state index is 0.0935. The summed E-state index contributed by atoms with van der Waals surface area (Å²) in [6.45, 7) is 5.83. The number of carbonyl (C=O) groups excluding carboxylic acids is 2. The van der Waals surface area contributed by atoms with Crippen LogP contribution in [0, 0.1) is 5.92 Å². The Morgan fingerprint density at radius 1 is 1.29 bits per heavy atom. The highest BCUT2D eigenvalue weighted by Crippen LogP contribution is 2.22. The van der Waals surface area contributed by atoms with E-state index >= 15 is 0 Å². The van der Waals surface area contributed by atoms with E-state index in [1.165, 1.54) is 0 Å². The molecule has 2 aliphatic rings. The number of amides is 2. The molecule has 2 fully saturated rings. The van der Waals surface area contributed by atoms with Gasteiger partial charge in [-0.05, 0) is 31.7 Å². The highest BCUT2D eigenvalue weighted by Gasteiger charge is 2.36. The molecule has 0 spiro atoms. The van der Waals surface area contributed by atoms with Crippen LogP contribution >= 0.6 is 0 Å². The molecule has 2 unspecified atom stereocenters. The maximum atomic E-state index is 12.6. The molecule has 0 aromatic carbocycles. The van der Waals surface area contributed by atoms with E-state index in [4.69, 9.17) is 10.5 Å². The molecule has 2 amide bonds. The van der Waals surface area contributed by atoms with Crippen LogP contribution in [0.4, 0.5) is 0 Å². The van der Waals surface area contributed by atoms with E-state index < -0.39 is 0 Å². The molecule has 0 bridgehead atoms. The number of carbonyl (C=O) groups is 2. The number of hydrogen-bond acceptors (Lipinski definition) is 4. The first-order valence-corrected chi connectivity index (χ1v) is 7.99. The Labute approximate surface area is 126 Å². The van der Waals surface area contributed by atoms with Crippen molar-refractivity contribution < 1.29 is 14.3 Å². The zero-order valence-corrected chi connectivity index (χ0v) is 12.9. The van der Waals surface area contributed by atoms with E-state index in [-0.39, 0.29) is 17.9 Å². The van der Waals surface area contributed by atoms with Crippen LogP contribution in [0.15, 0.2) is 0 Å². The third-order valence-corrected chi connectivity index (χ3v) is 4.43. The van der Waals surface area contributed by atoms with Crippen LogP contribution in [0.5, 0.6) is 0 Å². The Morgan fingerprint density at radius 2 is 2.00 bits per heavy atom. The fourth-order valence-corrected chi connectivity index (χ4v) is 2.95. The Balaban J connectivity index is 1.89. The van der Waals surface area contributed by atoms with Gasteiger partial charge in [-0.15, -0.1) is 0 Å². The lowest BCUT2D eigenvalue weighted by molar-refractivity contribution is -0.146. The van der Waals surface area contributed by atoms with Crippen LogP contribution in [0.1, 0.15) is 32.6 Å². The van der Waals surface area contributed by atoms with Crippen molar-refractivity contribution in [2.45, 2.75) is 38.6 Å². The van der Waals surface area contributed by atoms with Crippen molar-refractivity contribution in [2.75, 3.05) is 39.4 Å². The van der Waals surface area contributed by atoms with E-state index in [9.17, 15) is 9.59 Å². The van der Waals surface area contributed by atoms with Crippen molar-refractivity contribution in [1.82, 2.24) is 9.80 Å². The normalized spacial score (nSPS) is 24.2. The summed E-state index contributed by atoms with van der Waals surface area (Å²) >= 11 is 0. The molecular weight excluding hydrogens is 270 g/mol. The summed E-state index contributed by atoms with van der Waals surface area (Å²) < 4.78 is 5.28. The maximum absolute atomic E-state index is 12.6. The molecule has 21 heavy (non-hydrogen) atoms. The fraction of sp³-hybridized carbons (Fsp3) is 0.867. The van der Waals surface area contributed by atoms with Gasteiger partial charge in [0.05, 0.1) is 13.2 Å². The number of ether oxygens (including phenoxy) is 1. The number of nitrogens with two attached hydrogens (primary N) is 1. The van der Waals surface area contributed by atoms with Gasteiger partial charge in [-0.1, -0.05) is 6.92 Å². The summed E-state index contributed by atoms with van der Waals surface area (Å²) in [6.07, 6.45) is 2.99.